The minimum Gasteiger partial charge on any atom is -0.317 e. The molecule has 0 aromatic carbocycles. The third kappa shape index (κ3) is 3.69. The molecule has 0 aromatic heterocycles. The molecule has 2 atom stereocenters. The Morgan fingerprint density at radius 2 is 2.14 bits per heavy atom. The van der Waals surface area contributed by atoms with Crippen LogP contribution in [-0.4, -0.2) is 25.2 Å². The van der Waals surface area contributed by atoms with E-state index in [1.165, 1.54) is 19.3 Å². The first-order chi connectivity index (χ1) is 6.74. The van der Waals surface area contributed by atoms with Gasteiger partial charge in [-0.2, -0.15) is 0 Å². The van der Waals surface area contributed by atoms with Crippen LogP contribution in [0.15, 0.2) is 0 Å². The molecular formula is C12H22N2. The molecule has 0 spiro atoms. The van der Waals surface area contributed by atoms with Crippen molar-refractivity contribution in [2.24, 2.45) is 5.92 Å². The molecule has 0 aromatic rings. The maximum Gasteiger partial charge on any atom is 0.0712 e. The molecule has 80 valence electrons. The zero-order valence-corrected chi connectivity index (χ0v) is 9.34. The van der Waals surface area contributed by atoms with Crippen LogP contribution in [0.4, 0.5) is 0 Å². The van der Waals surface area contributed by atoms with Gasteiger partial charge in [-0.25, -0.2) is 0 Å². The second-order valence-corrected chi connectivity index (χ2v) is 4.43. The molecule has 2 heteroatoms. The number of nitrogens with one attached hydrogen (secondary N) is 2. The summed E-state index contributed by atoms with van der Waals surface area (Å²) in [4.78, 5) is 0. The van der Waals surface area contributed by atoms with Crippen LogP contribution in [0.25, 0.3) is 0 Å². The first kappa shape index (κ1) is 11.6. The van der Waals surface area contributed by atoms with E-state index in [-0.39, 0.29) is 6.04 Å². The lowest BCUT2D eigenvalue weighted by atomic mass is 10.0. The largest absolute Gasteiger partial charge is 0.317 e. The molecule has 1 fully saturated rings. The first-order valence-corrected chi connectivity index (χ1v) is 5.67. The molecule has 1 saturated heterocycles. The Hall–Kier alpha value is -0.520. The number of rotatable bonds is 3. The van der Waals surface area contributed by atoms with E-state index in [0.717, 1.165) is 13.1 Å². The van der Waals surface area contributed by atoms with Crippen LogP contribution in [-0.2, 0) is 0 Å². The van der Waals surface area contributed by atoms with Crippen molar-refractivity contribution in [3.8, 4) is 12.3 Å². The standard InChI is InChI=1S/C12H22N2/c1-4-12(10(2)3)14-11-6-5-8-13-9-7-11/h1,10-14H,5-9H2,2-3H3. The van der Waals surface area contributed by atoms with Crippen molar-refractivity contribution in [3.05, 3.63) is 0 Å². The van der Waals surface area contributed by atoms with Gasteiger partial charge in [0.05, 0.1) is 6.04 Å². The summed E-state index contributed by atoms with van der Waals surface area (Å²) in [6, 6.07) is 0.839. The van der Waals surface area contributed by atoms with Crippen LogP contribution >= 0.6 is 0 Å². The fourth-order valence-electron chi connectivity index (χ4n) is 1.87. The fraction of sp³-hybridized carbons (Fsp3) is 0.833. The van der Waals surface area contributed by atoms with Crippen molar-refractivity contribution < 1.29 is 0 Å². The zero-order chi connectivity index (χ0) is 10.4. The van der Waals surface area contributed by atoms with Crippen LogP contribution < -0.4 is 10.6 Å². The van der Waals surface area contributed by atoms with Crippen molar-refractivity contribution in [3.63, 3.8) is 0 Å². The van der Waals surface area contributed by atoms with E-state index in [9.17, 15) is 0 Å². The van der Waals surface area contributed by atoms with Gasteiger partial charge in [0.2, 0.25) is 0 Å². The van der Waals surface area contributed by atoms with Crippen LogP contribution in [0.3, 0.4) is 0 Å². The summed E-state index contributed by atoms with van der Waals surface area (Å²) >= 11 is 0. The highest BCUT2D eigenvalue weighted by Gasteiger charge is 2.17. The monoisotopic (exact) mass is 194 g/mol. The van der Waals surface area contributed by atoms with Gasteiger partial charge in [-0.1, -0.05) is 19.8 Å². The quantitative estimate of drug-likeness (QED) is 0.663. The third-order valence-corrected chi connectivity index (χ3v) is 2.84. The summed E-state index contributed by atoms with van der Waals surface area (Å²) in [5, 5.41) is 6.97. The lowest BCUT2D eigenvalue weighted by Crippen LogP contribution is -2.40. The van der Waals surface area contributed by atoms with E-state index in [2.05, 4.69) is 30.4 Å². The van der Waals surface area contributed by atoms with Gasteiger partial charge in [0.15, 0.2) is 0 Å². The van der Waals surface area contributed by atoms with Gasteiger partial charge in [0.25, 0.3) is 0 Å². The van der Waals surface area contributed by atoms with Crippen molar-refractivity contribution in [2.45, 2.75) is 45.2 Å². The molecule has 0 bridgehead atoms. The second kappa shape index (κ2) is 6.06. The summed E-state index contributed by atoms with van der Waals surface area (Å²) in [5.74, 6) is 3.36. The summed E-state index contributed by atoms with van der Waals surface area (Å²) < 4.78 is 0. The maximum absolute atomic E-state index is 5.50. The predicted molar refractivity (Wildman–Crippen MR) is 61.1 cm³/mol. The highest BCUT2D eigenvalue weighted by atomic mass is 15.0. The van der Waals surface area contributed by atoms with Crippen LogP contribution in [0, 0.1) is 18.3 Å². The van der Waals surface area contributed by atoms with Gasteiger partial charge in [-0.3, -0.25) is 0 Å². The fourth-order valence-corrected chi connectivity index (χ4v) is 1.87. The Bertz CT molecular complexity index is 185. The van der Waals surface area contributed by atoms with Gasteiger partial charge < -0.3 is 10.6 Å². The molecule has 1 aliphatic rings. The molecule has 14 heavy (non-hydrogen) atoms. The summed E-state index contributed by atoms with van der Waals surface area (Å²) in [6.07, 6.45) is 9.21. The predicted octanol–water partition coefficient (Wildman–Crippen LogP) is 1.38. The van der Waals surface area contributed by atoms with Crippen molar-refractivity contribution >= 4 is 0 Å². The SMILES string of the molecule is C#CC(NC1CCCNCC1)C(C)C. The molecule has 1 aliphatic heterocycles. The van der Waals surface area contributed by atoms with Gasteiger partial charge in [-0.15, -0.1) is 6.42 Å². The van der Waals surface area contributed by atoms with Gasteiger partial charge >= 0.3 is 0 Å². The highest BCUT2D eigenvalue weighted by molar-refractivity contribution is 5.01. The molecule has 1 heterocycles. The summed E-state index contributed by atoms with van der Waals surface area (Å²) in [5.41, 5.74) is 0. The Labute approximate surface area is 87.8 Å². The van der Waals surface area contributed by atoms with Gasteiger partial charge in [0, 0.05) is 6.04 Å². The lowest BCUT2D eigenvalue weighted by molar-refractivity contribution is 0.386. The van der Waals surface area contributed by atoms with Crippen molar-refractivity contribution in [1.82, 2.24) is 10.6 Å². The van der Waals surface area contributed by atoms with E-state index >= 15 is 0 Å². The minimum absolute atomic E-state index is 0.234. The zero-order valence-electron chi connectivity index (χ0n) is 9.34. The first-order valence-electron chi connectivity index (χ1n) is 5.67. The molecule has 2 nitrogen and oxygen atoms in total. The average Bonchev–Trinajstić information content (AvgIpc) is 2.41. The molecule has 2 unspecified atom stereocenters. The Kier molecular flexibility index (Phi) is 5.00. The van der Waals surface area contributed by atoms with E-state index in [1.54, 1.807) is 0 Å². The second-order valence-electron chi connectivity index (χ2n) is 4.43. The van der Waals surface area contributed by atoms with E-state index in [0.29, 0.717) is 12.0 Å². The smallest absolute Gasteiger partial charge is 0.0712 e. The topological polar surface area (TPSA) is 24.1 Å². The van der Waals surface area contributed by atoms with Gasteiger partial charge in [-0.05, 0) is 38.3 Å². The highest BCUT2D eigenvalue weighted by Crippen LogP contribution is 2.09. The molecule has 0 aliphatic carbocycles. The Morgan fingerprint density at radius 3 is 2.79 bits per heavy atom. The molecule has 0 saturated carbocycles. The average molecular weight is 194 g/mol. The normalized spacial score (nSPS) is 25.4. The molecule has 2 N–H and O–H groups in total. The summed E-state index contributed by atoms with van der Waals surface area (Å²) in [7, 11) is 0. The molecule has 1 rings (SSSR count). The maximum atomic E-state index is 5.50. The van der Waals surface area contributed by atoms with E-state index in [1.807, 2.05) is 0 Å². The molecular weight excluding hydrogens is 172 g/mol. The van der Waals surface area contributed by atoms with Crippen molar-refractivity contribution in [2.75, 3.05) is 13.1 Å². The number of hydrogen-bond acceptors (Lipinski definition) is 2. The van der Waals surface area contributed by atoms with E-state index < -0.39 is 0 Å². The number of hydrogen-bond donors (Lipinski definition) is 2. The number of terminal acetylenes is 1. The van der Waals surface area contributed by atoms with Gasteiger partial charge in [0.1, 0.15) is 0 Å². The lowest BCUT2D eigenvalue weighted by Gasteiger charge is -2.23. The Balaban J connectivity index is 2.37. The van der Waals surface area contributed by atoms with E-state index in [4.69, 9.17) is 6.42 Å². The van der Waals surface area contributed by atoms with Crippen LogP contribution in [0.2, 0.25) is 0 Å². The third-order valence-electron chi connectivity index (χ3n) is 2.84. The molecule has 0 radical (unpaired) electrons. The molecule has 0 amide bonds. The van der Waals surface area contributed by atoms with Crippen molar-refractivity contribution in [1.29, 1.82) is 0 Å². The van der Waals surface area contributed by atoms with Crippen LogP contribution in [0.1, 0.15) is 33.1 Å². The minimum atomic E-state index is 0.234. The Morgan fingerprint density at radius 1 is 1.36 bits per heavy atom. The summed E-state index contributed by atoms with van der Waals surface area (Å²) in [6.45, 7) is 6.62. The van der Waals surface area contributed by atoms with Crippen LogP contribution in [0.5, 0.6) is 0 Å².